The Morgan fingerprint density at radius 1 is 1.09 bits per heavy atom. The van der Waals surface area contributed by atoms with Crippen LogP contribution in [-0.2, 0) is 6.42 Å². The van der Waals surface area contributed by atoms with Crippen molar-refractivity contribution in [3.8, 4) is 27.8 Å². The summed E-state index contributed by atoms with van der Waals surface area (Å²) in [5, 5.41) is 8.15. The first kappa shape index (κ1) is 21.6. The Kier molecular flexibility index (Phi) is 6.51. The van der Waals surface area contributed by atoms with Gasteiger partial charge in [-0.25, -0.2) is 9.67 Å². The molecule has 1 amide bonds. The largest absolute Gasteiger partial charge is 0.493 e. The predicted molar refractivity (Wildman–Crippen MR) is 125 cm³/mol. The Morgan fingerprint density at radius 3 is 2.62 bits per heavy atom. The summed E-state index contributed by atoms with van der Waals surface area (Å²) < 4.78 is 12.5. The van der Waals surface area contributed by atoms with Crippen molar-refractivity contribution < 1.29 is 14.3 Å². The number of aryl methyl sites for hydroxylation is 1. The Balaban J connectivity index is 1.39. The van der Waals surface area contributed by atoms with E-state index in [1.54, 1.807) is 14.2 Å². The van der Waals surface area contributed by atoms with Crippen LogP contribution in [0.3, 0.4) is 0 Å². The predicted octanol–water partition coefficient (Wildman–Crippen LogP) is 4.29. The number of rotatable bonds is 8. The number of thiazole rings is 1. The molecular formula is C24H24N4O3S. The third kappa shape index (κ3) is 4.65. The summed E-state index contributed by atoms with van der Waals surface area (Å²) >= 11 is 1.37. The zero-order valence-electron chi connectivity index (χ0n) is 18.2. The van der Waals surface area contributed by atoms with Crippen LogP contribution in [0.25, 0.3) is 16.3 Å². The molecule has 0 spiro atoms. The van der Waals surface area contributed by atoms with Gasteiger partial charge in [0.15, 0.2) is 11.5 Å². The van der Waals surface area contributed by atoms with Crippen LogP contribution in [0.15, 0.2) is 60.9 Å². The molecule has 2 heterocycles. The average molecular weight is 449 g/mol. The molecule has 0 aliphatic heterocycles. The summed E-state index contributed by atoms with van der Waals surface area (Å²) in [7, 11) is 3.19. The molecule has 0 saturated carbocycles. The van der Waals surface area contributed by atoms with Crippen molar-refractivity contribution in [3.63, 3.8) is 0 Å². The first-order valence-electron chi connectivity index (χ1n) is 10.2. The molecule has 0 saturated heterocycles. The highest BCUT2D eigenvalue weighted by Crippen LogP contribution is 2.34. The van der Waals surface area contributed by atoms with E-state index >= 15 is 0 Å². The molecule has 0 radical (unpaired) electrons. The number of hydrogen-bond donors (Lipinski definition) is 1. The molecule has 0 unspecified atom stereocenters. The fourth-order valence-electron chi connectivity index (χ4n) is 3.31. The number of nitrogens with zero attached hydrogens (tertiary/aromatic N) is 3. The van der Waals surface area contributed by atoms with E-state index in [4.69, 9.17) is 9.47 Å². The van der Waals surface area contributed by atoms with Gasteiger partial charge < -0.3 is 14.8 Å². The quantitative estimate of drug-likeness (QED) is 0.435. The lowest BCUT2D eigenvalue weighted by Gasteiger charge is -2.08. The van der Waals surface area contributed by atoms with Crippen molar-refractivity contribution in [2.24, 2.45) is 0 Å². The van der Waals surface area contributed by atoms with Crippen molar-refractivity contribution >= 4 is 17.2 Å². The van der Waals surface area contributed by atoms with Gasteiger partial charge in [0.2, 0.25) is 0 Å². The van der Waals surface area contributed by atoms with Crippen molar-refractivity contribution in [1.82, 2.24) is 20.1 Å². The molecule has 2 aromatic carbocycles. The van der Waals surface area contributed by atoms with Gasteiger partial charge in [-0.2, -0.15) is 5.10 Å². The van der Waals surface area contributed by atoms with E-state index in [-0.39, 0.29) is 5.91 Å². The second-order valence-corrected chi connectivity index (χ2v) is 8.14. The Labute approximate surface area is 190 Å². The summed E-state index contributed by atoms with van der Waals surface area (Å²) in [5.41, 5.74) is 3.64. The molecule has 7 nitrogen and oxygen atoms in total. The van der Waals surface area contributed by atoms with Gasteiger partial charge in [-0.3, -0.25) is 4.79 Å². The van der Waals surface area contributed by atoms with Crippen LogP contribution in [0.1, 0.15) is 20.9 Å². The second kappa shape index (κ2) is 9.65. The normalized spacial score (nSPS) is 10.7. The van der Waals surface area contributed by atoms with Gasteiger partial charge in [-0.05, 0) is 49.2 Å². The number of aromatic nitrogens is 3. The molecule has 0 atom stereocenters. The monoisotopic (exact) mass is 448 g/mol. The minimum absolute atomic E-state index is 0.123. The van der Waals surface area contributed by atoms with Gasteiger partial charge in [-0.15, -0.1) is 11.3 Å². The van der Waals surface area contributed by atoms with Crippen LogP contribution in [0, 0.1) is 6.92 Å². The Bertz CT molecular complexity index is 1220. The number of hydrogen-bond acceptors (Lipinski definition) is 6. The molecule has 0 bridgehead atoms. The molecule has 164 valence electrons. The smallest absolute Gasteiger partial charge is 0.263 e. The van der Waals surface area contributed by atoms with E-state index in [1.807, 2.05) is 72.5 Å². The van der Waals surface area contributed by atoms with Crippen LogP contribution in [0.4, 0.5) is 0 Å². The lowest BCUT2D eigenvalue weighted by molar-refractivity contribution is 0.0957. The molecule has 2 aromatic heterocycles. The van der Waals surface area contributed by atoms with Gasteiger partial charge in [-0.1, -0.05) is 18.2 Å². The van der Waals surface area contributed by atoms with E-state index < -0.39 is 0 Å². The summed E-state index contributed by atoms with van der Waals surface area (Å²) in [6, 6.07) is 15.5. The van der Waals surface area contributed by atoms with Crippen LogP contribution >= 0.6 is 11.3 Å². The third-order valence-electron chi connectivity index (χ3n) is 4.99. The highest BCUT2D eigenvalue weighted by molar-refractivity contribution is 7.17. The molecule has 4 rings (SSSR count). The average Bonchev–Trinajstić information content (AvgIpc) is 3.46. The molecular weight excluding hydrogens is 424 g/mol. The topological polar surface area (TPSA) is 78.3 Å². The molecule has 1 N–H and O–H groups in total. The van der Waals surface area contributed by atoms with Gasteiger partial charge in [0.1, 0.15) is 9.88 Å². The number of benzene rings is 2. The molecule has 32 heavy (non-hydrogen) atoms. The zero-order chi connectivity index (χ0) is 22.5. The maximum Gasteiger partial charge on any atom is 0.263 e. The fourth-order valence-corrected chi connectivity index (χ4v) is 4.29. The van der Waals surface area contributed by atoms with E-state index in [9.17, 15) is 4.79 Å². The van der Waals surface area contributed by atoms with Crippen LogP contribution in [0.2, 0.25) is 0 Å². The minimum Gasteiger partial charge on any atom is -0.493 e. The maximum atomic E-state index is 12.7. The first-order chi connectivity index (χ1) is 15.6. The van der Waals surface area contributed by atoms with Crippen molar-refractivity contribution in [3.05, 3.63) is 77.1 Å². The van der Waals surface area contributed by atoms with Crippen molar-refractivity contribution in [2.75, 3.05) is 20.8 Å². The van der Waals surface area contributed by atoms with Gasteiger partial charge >= 0.3 is 0 Å². The SMILES string of the molecule is COc1ccc(-c2nc(C)c(C(=O)NCCc3cnn(-c4ccccc4)c3)s2)cc1OC. The highest BCUT2D eigenvalue weighted by atomic mass is 32.1. The highest BCUT2D eigenvalue weighted by Gasteiger charge is 2.17. The van der Waals surface area contributed by atoms with E-state index in [0.717, 1.165) is 21.8 Å². The summed E-state index contributed by atoms with van der Waals surface area (Å²) in [6.07, 6.45) is 4.50. The molecule has 0 fully saturated rings. The standard InChI is InChI=1S/C24H24N4O3S/c1-16-22(32-24(27-16)18-9-10-20(30-2)21(13-18)31-3)23(29)25-12-11-17-14-26-28(15-17)19-7-5-4-6-8-19/h4-10,13-15H,11-12H2,1-3H3,(H,25,29). The number of para-hydroxylation sites is 1. The fraction of sp³-hybridized carbons (Fsp3) is 0.208. The van der Waals surface area contributed by atoms with Crippen molar-refractivity contribution in [2.45, 2.75) is 13.3 Å². The van der Waals surface area contributed by atoms with Crippen LogP contribution in [0.5, 0.6) is 11.5 Å². The second-order valence-electron chi connectivity index (χ2n) is 7.14. The maximum absolute atomic E-state index is 12.7. The number of nitrogens with one attached hydrogen (secondary N) is 1. The number of ether oxygens (including phenoxy) is 2. The van der Waals surface area contributed by atoms with Gasteiger partial charge in [0.05, 0.1) is 31.8 Å². The molecule has 0 aliphatic rings. The number of amides is 1. The van der Waals surface area contributed by atoms with E-state index in [1.165, 1.54) is 11.3 Å². The van der Waals surface area contributed by atoms with Gasteiger partial charge in [0.25, 0.3) is 5.91 Å². The summed E-state index contributed by atoms with van der Waals surface area (Å²) in [6.45, 7) is 2.36. The van der Waals surface area contributed by atoms with E-state index in [2.05, 4.69) is 15.4 Å². The number of methoxy groups -OCH3 is 2. The first-order valence-corrected chi connectivity index (χ1v) is 11.0. The molecule has 4 aromatic rings. The number of carbonyl (C=O) groups is 1. The van der Waals surface area contributed by atoms with Crippen LogP contribution < -0.4 is 14.8 Å². The zero-order valence-corrected chi connectivity index (χ0v) is 19.0. The molecule has 8 heteroatoms. The van der Waals surface area contributed by atoms with E-state index in [0.29, 0.717) is 35.0 Å². The Hall–Kier alpha value is -3.65. The summed E-state index contributed by atoms with van der Waals surface area (Å²) in [5.74, 6) is 1.15. The minimum atomic E-state index is -0.123. The Morgan fingerprint density at radius 2 is 1.88 bits per heavy atom. The lowest BCUT2D eigenvalue weighted by Crippen LogP contribution is -2.25. The van der Waals surface area contributed by atoms with Crippen molar-refractivity contribution in [1.29, 1.82) is 0 Å². The van der Waals surface area contributed by atoms with Crippen LogP contribution in [-0.4, -0.2) is 41.4 Å². The summed E-state index contributed by atoms with van der Waals surface area (Å²) in [4.78, 5) is 17.9. The lowest BCUT2D eigenvalue weighted by atomic mass is 10.2. The third-order valence-corrected chi connectivity index (χ3v) is 6.19. The number of carbonyl (C=O) groups excluding carboxylic acids is 1. The molecule has 0 aliphatic carbocycles. The van der Waals surface area contributed by atoms with Gasteiger partial charge in [0, 0.05) is 18.3 Å².